The highest BCUT2D eigenvalue weighted by atomic mass is 16.6. The maximum atomic E-state index is 11.3. The first-order valence-corrected chi connectivity index (χ1v) is 6.72. The molecule has 2 bridgehead atoms. The fourth-order valence-corrected chi connectivity index (χ4v) is 3.52. The molecule has 1 aromatic rings. The van der Waals surface area contributed by atoms with Gasteiger partial charge in [0, 0.05) is 29.9 Å². The van der Waals surface area contributed by atoms with Gasteiger partial charge in [0.05, 0.1) is 4.92 Å². The number of nitrogens with zero attached hydrogens (tertiary/aromatic N) is 3. The van der Waals surface area contributed by atoms with Crippen LogP contribution in [0.25, 0.3) is 0 Å². The van der Waals surface area contributed by atoms with Gasteiger partial charge in [-0.3, -0.25) is 10.1 Å². The van der Waals surface area contributed by atoms with E-state index in [9.17, 15) is 10.1 Å². The molecule has 2 saturated heterocycles. The topological polar surface area (TPSA) is 85.3 Å². The summed E-state index contributed by atoms with van der Waals surface area (Å²) >= 11 is 0. The van der Waals surface area contributed by atoms with Crippen LogP contribution in [0.3, 0.4) is 0 Å². The van der Waals surface area contributed by atoms with E-state index >= 15 is 0 Å². The van der Waals surface area contributed by atoms with Crippen molar-refractivity contribution in [2.24, 2.45) is 5.73 Å². The van der Waals surface area contributed by atoms with Crippen LogP contribution in [0.15, 0.2) is 12.3 Å². The van der Waals surface area contributed by atoms with Crippen LogP contribution in [0.4, 0.5) is 11.5 Å². The Balaban J connectivity index is 2.04. The van der Waals surface area contributed by atoms with Crippen molar-refractivity contribution in [3.63, 3.8) is 0 Å². The summed E-state index contributed by atoms with van der Waals surface area (Å²) in [6, 6.07) is 2.53. The first-order chi connectivity index (χ1) is 9.08. The zero-order valence-corrected chi connectivity index (χ0v) is 11.0. The van der Waals surface area contributed by atoms with Crippen LogP contribution in [0, 0.1) is 17.0 Å². The van der Waals surface area contributed by atoms with Crippen molar-refractivity contribution in [2.75, 3.05) is 4.90 Å². The fourth-order valence-electron chi connectivity index (χ4n) is 3.52. The molecule has 0 saturated carbocycles. The number of hydrogen-bond donors (Lipinski definition) is 1. The van der Waals surface area contributed by atoms with Crippen LogP contribution in [0.1, 0.15) is 31.2 Å². The molecule has 0 spiro atoms. The average Bonchev–Trinajstić information content (AvgIpc) is 2.60. The lowest BCUT2D eigenvalue weighted by molar-refractivity contribution is -0.385. The molecule has 2 unspecified atom stereocenters. The SMILES string of the molecule is Cc1ccnc(N2C3CCC2CC(N)C3)c1[N+](=O)[O-]. The third kappa shape index (κ3) is 1.96. The Hall–Kier alpha value is -1.69. The van der Waals surface area contributed by atoms with E-state index in [4.69, 9.17) is 5.73 Å². The second-order valence-corrected chi connectivity index (χ2v) is 5.58. The van der Waals surface area contributed by atoms with Crippen LogP contribution < -0.4 is 10.6 Å². The summed E-state index contributed by atoms with van der Waals surface area (Å²) in [6.07, 6.45) is 5.59. The molecule has 0 radical (unpaired) electrons. The Bertz CT molecular complexity index is 505. The predicted octanol–water partition coefficient (Wildman–Crippen LogP) is 1.76. The van der Waals surface area contributed by atoms with Crippen molar-refractivity contribution >= 4 is 11.5 Å². The quantitative estimate of drug-likeness (QED) is 0.648. The van der Waals surface area contributed by atoms with Gasteiger partial charge in [0.25, 0.3) is 0 Å². The first kappa shape index (κ1) is 12.3. The summed E-state index contributed by atoms with van der Waals surface area (Å²) in [7, 11) is 0. The highest BCUT2D eigenvalue weighted by molar-refractivity contribution is 5.63. The van der Waals surface area contributed by atoms with Gasteiger partial charge < -0.3 is 10.6 Å². The molecule has 2 aliphatic rings. The number of piperidine rings is 1. The molecule has 2 atom stereocenters. The molecule has 2 aliphatic heterocycles. The van der Waals surface area contributed by atoms with Crippen molar-refractivity contribution < 1.29 is 4.92 Å². The van der Waals surface area contributed by atoms with Gasteiger partial charge in [0.15, 0.2) is 0 Å². The van der Waals surface area contributed by atoms with Gasteiger partial charge >= 0.3 is 5.69 Å². The molecular formula is C13H18N4O2. The first-order valence-electron chi connectivity index (χ1n) is 6.72. The molecule has 3 rings (SSSR count). The lowest BCUT2D eigenvalue weighted by Gasteiger charge is -2.38. The van der Waals surface area contributed by atoms with E-state index in [1.54, 1.807) is 19.2 Å². The van der Waals surface area contributed by atoms with E-state index in [0.717, 1.165) is 25.7 Å². The smallest absolute Gasteiger partial charge is 0.314 e. The number of pyridine rings is 1. The number of nitrogens with two attached hydrogens (primary N) is 1. The Morgan fingerprint density at radius 3 is 2.63 bits per heavy atom. The summed E-state index contributed by atoms with van der Waals surface area (Å²) in [5, 5.41) is 11.3. The van der Waals surface area contributed by atoms with Crippen LogP contribution in [0.5, 0.6) is 0 Å². The maximum Gasteiger partial charge on any atom is 0.314 e. The average molecular weight is 262 g/mol. The summed E-state index contributed by atoms with van der Waals surface area (Å²) < 4.78 is 0. The lowest BCUT2D eigenvalue weighted by atomic mass is 9.98. The molecule has 0 aliphatic carbocycles. The monoisotopic (exact) mass is 262 g/mol. The molecule has 102 valence electrons. The van der Waals surface area contributed by atoms with Crippen LogP contribution in [-0.4, -0.2) is 28.0 Å². The Kier molecular flexibility index (Phi) is 2.89. The molecule has 3 heterocycles. The maximum absolute atomic E-state index is 11.3. The van der Waals surface area contributed by atoms with Crippen molar-refractivity contribution in [3.05, 3.63) is 27.9 Å². The number of anilines is 1. The molecule has 2 N–H and O–H groups in total. The van der Waals surface area contributed by atoms with E-state index in [-0.39, 0.29) is 16.7 Å². The van der Waals surface area contributed by atoms with Crippen LogP contribution in [-0.2, 0) is 0 Å². The molecule has 0 aromatic carbocycles. The zero-order valence-electron chi connectivity index (χ0n) is 11.0. The highest BCUT2D eigenvalue weighted by Gasteiger charge is 2.43. The van der Waals surface area contributed by atoms with Gasteiger partial charge in [-0.1, -0.05) is 0 Å². The third-order valence-electron chi connectivity index (χ3n) is 4.30. The van der Waals surface area contributed by atoms with Gasteiger partial charge in [0.2, 0.25) is 5.82 Å². The Morgan fingerprint density at radius 1 is 1.42 bits per heavy atom. The number of aryl methyl sites for hydroxylation is 1. The fraction of sp³-hybridized carbons (Fsp3) is 0.615. The van der Waals surface area contributed by atoms with Crippen molar-refractivity contribution in [3.8, 4) is 0 Å². The Morgan fingerprint density at radius 2 is 2.05 bits per heavy atom. The molecule has 0 amide bonds. The van der Waals surface area contributed by atoms with E-state index in [2.05, 4.69) is 9.88 Å². The summed E-state index contributed by atoms with van der Waals surface area (Å²) in [5.41, 5.74) is 6.86. The van der Waals surface area contributed by atoms with Crippen LogP contribution in [0.2, 0.25) is 0 Å². The van der Waals surface area contributed by atoms with E-state index in [1.165, 1.54) is 0 Å². The minimum absolute atomic E-state index is 0.148. The molecule has 19 heavy (non-hydrogen) atoms. The number of aromatic nitrogens is 1. The molecule has 6 heteroatoms. The Labute approximate surface area is 111 Å². The van der Waals surface area contributed by atoms with Crippen molar-refractivity contribution in [2.45, 2.75) is 50.7 Å². The number of rotatable bonds is 2. The van der Waals surface area contributed by atoms with Gasteiger partial charge in [-0.05, 0) is 38.7 Å². The second kappa shape index (κ2) is 4.45. The van der Waals surface area contributed by atoms with Crippen LogP contribution >= 0.6 is 0 Å². The summed E-state index contributed by atoms with van der Waals surface area (Å²) in [5.74, 6) is 0.532. The number of nitro groups is 1. The normalized spacial score (nSPS) is 29.6. The van der Waals surface area contributed by atoms with Crippen molar-refractivity contribution in [1.82, 2.24) is 4.98 Å². The third-order valence-corrected chi connectivity index (χ3v) is 4.30. The standard InChI is InChI=1S/C13H18N4O2/c1-8-4-5-15-13(12(8)17(18)19)16-10-2-3-11(16)7-9(14)6-10/h4-5,9-11H,2-3,6-7,14H2,1H3. The summed E-state index contributed by atoms with van der Waals surface area (Å²) in [6.45, 7) is 1.76. The van der Waals surface area contributed by atoms with Gasteiger partial charge in [-0.2, -0.15) is 0 Å². The van der Waals surface area contributed by atoms with Crippen molar-refractivity contribution in [1.29, 1.82) is 0 Å². The van der Waals surface area contributed by atoms with Gasteiger partial charge in [0.1, 0.15) is 0 Å². The zero-order chi connectivity index (χ0) is 13.6. The molecule has 1 aromatic heterocycles. The predicted molar refractivity (Wildman–Crippen MR) is 72.1 cm³/mol. The second-order valence-electron chi connectivity index (χ2n) is 5.58. The lowest BCUT2D eigenvalue weighted by Crippen LogP contribution is -2.48. The van der Waals surface area contributed by atoms with E-state index < -0.39 is 0 Å². The summed E-state index contributed by atoms with van der Waals surface area (Å²) in [4.78, 5) is 17.4. The van der Waals surface area contributed by atoms with Gasteiger partial charge in [-0.25, -0.2) is 4.98 Å². The largest absolute Gasteiger partial charge is 0.345 e. The molecule has 6 nitrogen and oxygen atoms in total. The molecule has 2 fully saturated rings. The minimum atomic E-state index is -0.314. The van der Waals surface area contributed by atoms with E-state index in [1.807, 2.05) is 0 Å². The van der Waals surface area contributed by atoms with Gasteiger partial charge in [-0.15, -0.1) is 0 Å². The minimum Gasteiger partial charge on any atom is -0.345 e. The number of fused-ring (bicyclic) bond motifs is 2. The van der Waals surface area contributed by atoms with E-state index in [0.29, 0.717) is 23.5 Å². The molecular weight excluding hydrogens is 244 g/mol. The highest BCUT2D eigenvalue weighted by Crippen LogP contribution is 2.42. The number of hydrogen-bond acceptors (Lipinski definition) is 5.